The third-order valence-electron chi connectivity index (χ3n) is 3.98. The van der Waals surface area contributed by atoms with E-state index in [1.807, 2.05) is 49.4 Å². The van der Waals surface area contributed by atoms with Crippen LogP contribution in [0.3, 0.4) is 0 Å². The molecule has 0 spiro atoms. The molecule has 0 radical (unpaired) electrons. The number of anilines is 1. The number of ether oxygens (including phenoxy) is 1. The van der Waals surface area contributed by atoms with Gasteiger partial charge in [-0.3, -0.25) is 9.59 Å². The lowest BCUT2D eigenvalue weighted by atomic mass is 9.89. The van der Waals surface area contributed by atoms with Crippen LogP contribution >= 0.6 is 0 Å². The second-order valence-corrected chi connectivity index (χ2v) is 5.42. The molecule has 2 aromatic carbocycles. The van der Waals surface area contributed by atoms with Crippen LogP contribution in [0.2, 0.25) is 0 Å². The molecular formula is C18H17NO3. The SMILES string of the molecule is COC(=O)C1CN(c2cccc(C)c2)C(=O)c2ccccc21. The Hall–Kier alpha value is -2.62. The van der Waals surface area contributed by atoms with Crippen molar-refractivity contribution in [2.24, 2.45) is 0 Å². The van der Waals surface area contributed by atoms with Crippen molar-refractivity contribution in [2.75, 3.05) is 18.6 Å². The number of esters is 1. The van der Waals surface area contributed by atoms with Crippen molar-refractivity contribution in [3.05, 3.63) is 65.2 Å². The second kappa shape index (κ2) is 5.64. The number of fused-ring (bicyclic) bond motifs is 1. The highest BCUT2D eigenvalue weighted by Gasteiger charge is 2.36. The number of hydrogen-bond acceptors (Lipinski definition) is 3. The molecule has 0 saturated carbocycles. The van der Waals surface area contributed by atoms with Crippen molar-refractivity contribution in [1.29, 1.82) is 0 Å². The quantitative estimate of drug-likeness (QED) is 0.800. The normalized spacial score (nSPS) is 17.1. The predicted octanol–water partition coefficient (Wildman–Crippen LogP) is 2.91. The minimum atomic E-state index is -0.459. The Balaban J connectivity index is 2.08. The van der Waals surface area contributed by atoms with Gasteiger partial charge in [0.05, 0.1) is 7.11 Å². The lowest BCUT2D eigenvalue weighted by molar-refractivity contribution is -0.142. The Labute approximate surface area is 129 Å². The molecule has 0 saturated heterocycles. The lowest BCUT2D eigenvalue weighted by Crippen LogP contribution is -2.42. The minimum absolute atomic E-state index is 0.0821. The molecule has 1 aliphatic heterocycles. The van der Waals surface area contributed by atoms with Crippen LogP contribution in [-0.4, -0.2) is 25.5 Å². The summed E-state index contributed by atoms with van der Waals surface area (Å²) < 4.78 is 4.91. The molecule has 1 atom stereocenters. The summed E-state index contributed by atoms with van der Waals surface area (Å²) in [5.74, 6) is -0.863. The van der Waals surface area contributed by atoms with Crippen molar-refractivity contribution in [3.8, 4) is 0 Å². The highest BCUT2D eigenvalue weighted by atomic mass is 16.5. The monoisotopic (exact) mass is 295 g/mol. The molecule has 4 nitrogen and oxygen atoms in total. The van der Waals surface area contributed by atoms with Crippen LogP contribution in [0.1, 0.15) is 27.4 Å². The van der Waals surface area contributed by atoms with E-state index in [9.17, 15) is 9.59 Å². The van der Waals surface area contributed by atoms with Crippen molar-refractivity contribution >= 4 is 17.6 Å². The first-order valence-electron chi connectivity index (χ1n) is 7.17. The fourth-order valence-corrected chi connectivity index (χ4v) is 2.87. The van der Waals surface area contributed by atoms with Crippen LogP contribution in [0.25, 0.3) is 0 Å². The number of rotatable bonds is 2. The van der Waals surface area contributed by atoms with Crippen molar-refractivity contribution < 1.29 is 14.3 Å². The summed E-state index contributed by atoms with van der Waals surface area (Å²) in [6, 6.07) is 14.9. The van der Waals surface area contributed by atoms with Crippen LogP contribution in [0.15, 0.2) is 48.5 Å². The van der Waals surface area contributed by atoms with Gasteiger partial charge in [-0.1, -0.05) is 30.3 Å². The first-order chi connectivity index (χ1) is 10.6. The standard InChI is InChI=1S/C18H17NO3/c1-12-6-5-7-13(10-12)19-11-16(18(21)22-2)14-8-3-4-9-15(14)17(19)20/h3-10,16H,11H2,1-2H3. The molecule has 0 aliphatic carbocycles. The summed E-state index contributed by atoms with van der Waals surface area (Å²) in [6.45, 7) is 2.27. The fourth-order valence-electron chi connectivity index (χ4n) is 2.87. The van der Waals surface area contributed by atoms with E-state index < -0.39 is 5.92 Å². The molecule has 1 unspecified atom stereocenters. The number of carbonyl (C=O) groups is 2. The van der Waals surface area contributed by atoms with E-state index >= 15 is 0 Å². The average molecular weight is 295 g/mol. The summed E-state index contributed by atoms with van der Waals surface area (Å²) in [6.07, 6.45) is 0. The zero-order chi connectivity index (χ0) is 15.7. The van der Waals surface area contributed by atoms with E-state index in [1.54, 1.807) is 11.0 Å². The van der Waals surface area contributed by atoms with Crippen molar-refractivity contribution in [3.63, 3.8) is 0 Å². The predicted molar refractivity (Wildman–Crippen MR) is 84.1 cm³/mol. The number of methoxy groups -OCH3 is 1. The molecule has 1 aliphatic rings. The molecule has 0 N–H and O–H groups in total. The topological polar surface area (TPSA) is 46.6 Å². The highest BCUT2D eigenvalue weighted by Crippen LogP contribution is 2.32. The largest absolute Gasteiger partial charge is 0.468 e. The molecule has 0 fully saturated rings. The van der Waals surface area contributed by atoms with E-state index in [0.717, 1.165) is 16.8 Å². The Morgan fingerprint density at radius 1 is 1.18 bits per heavy atom. The van der Waals surface area contributed by atoms with Gasteiger partial charge in [0.15, 0.2) is 0 Å². The zero-order valence-corrected chi connectivity index (χ0v) is 12.6. The van der Waals surface area contributed by atoms with Gasteiger partial charge in [0.2, 0.25) is 0 Å². The van der Waals surface area contributed by atoms with Gasteiger partial charge in [0, 0.05) is 17.8 Å². The van der Waals surface area contributed by atoms with Gasteiger partial charge in [0.1, 0.15) is 5.92 Å². The van der Waals surface area contributed by atoms with Crippen molar-refractivity contribution in [2.45, 2.75) is 12.8 Å². The summed E-state index contributed by atoms with van der Waals surface area (Å²) in [5, 5.41) is 0. The number of amides is 1. The van der Waals surface area contributed by atoms with Crippen molar-refractivity contribution in [1.82, 2.24) is 0 Å². The van der Waals surface area contributed by atoms with Crippen LogP contribution in [0.4, 0.5) is 5.69 Å². The maximum atomic E-state index is 12.8. The van der Waals surface area contributed by atoms with E-state index in [1.165, 1.54) is 7.11 Å². The Morgan fingerprint density at radius 2 is 1.95 bits per heavy atom. The van der Waals surface area contributed by atoms with Gasteiger partial charge in [-0.2, -0.15) is 0 Å². The molecule has 112 valence electrons. The van der Waals surface area contributed by atoms with E-state index in [2.05, 4.69) is 0 Å². The molecular weight excluding hydrogens is 278 g/mol. The summed E-state index contributed by atoms with van der Waals surface area (Å²) in [5.41, 5.74) is 3.17. The molecule has 2 aromatic rings. The molecule has 1 amide bonds. The molecule has 3 rings (SSSR count). The molecule has 1 heterocycles. The van der Waals surface area contributed by atoms with Gasteiger partial charge in [-0.15, -0.1) is 0 Å². The van der Waals surface area contributed by atoms with Gasteiger partial charge >= 0.3 is 5.97 Å². The zero-order valence-electron chi connectivity index (χ0n) is 12.6. The van der Waals surface area contributed by atoms with Crippen LogP contribution in [0, 0.1) is 6.92 Å². The van der Waals surface area contributed by atoms with Gasteiger partial charge in [-0.05, 0) is 36.2 Å². The first-order valence-corrected chi connectivity index (χ1v) is 7.17. The number of nitrogens with zero attached hydrogens (tertiary/aromatic N) is 1. The fraction of sp³-hybridized carbons (Fsp3) is 0.222. The lowest BCUT2D eigenvalue weighted by Gasteiger charge is -2.33. The van der Waals surface area contributed by atoms with Crippen LogP contribution in [0.5, 0.6) is 0 Å². The van der Waals surface area contributed by atoms with Gasteiger partial charge in [-0.25, -0.2) is 0 Å². The third-order valence-corrected chi connectivity index (χ3v) is 3.98. The average Bonchev–Trinajstić information content (AvgIpc) is 2.55. The first kappa shape index (κ1) is 14.3. The number of carbonyl (C=O) groups excluding carboxylic acids is 2. The Morgan fingerprint density at radius 3 is 2.68 bits per heavy atom. The van der Waals surface area contributed by atoms with E-state index in [4.69, 9.17) is 4.74 Å². The highest BCUT2D eigenvalue weighted by molar-refractivity contribution is 6.10. The smallest absolute Gasteiger partial charge is 0.314 e. The maximum Gasteiger partial charge on any atom is 0.314 e. The molecule has 0 bridgehead atoms. The van der Waals surface area contributed by atoms with Gasteiger partial charge < -0.3 is 9.64 Å². The summed E-state index contributed by atoms with van der Waals surface area (Å²) in [4.78, 5) is 26.5. The molecule has 4 heteroatoms. The molecule has 0 aromatic heterocycles. The van der Waals surface area contributed by atoms with Crippen LogP contribution in [-0.2, 0) is 9.53 Å². The molecule has 22 heavy (non-hydrogen) atoms. The van der Waals surface area contributed by atoms with Crippen LogP contribution < -0.4 is 4.90 Å². The Bertz CT molecular complexity index is 739. The number of hydrogen-bond donors (Lipinski definition) is 0. The van der Waals surface area contributed by atoms with E-state index in [0.29, 0.717) is 12.1 Å². The second-order valence-electron chi connectivity index (χ2n) is 5.42. The summed E-state index contributed by atoms with van der Waals surface area (Å²) >= 11 is 0. The number of benzene rings is 2. The Kier molecular flexibility index (Phi) is 3.67. The summed E-state index contributed by atoms with van der Waals surface area (Å²) in [7, 11) is 1.37. The van der Waals surface area contributed by atoms with E-state index in [-0.39, 0.29) is 11.9 Å². The van der Waals surface area contributed by atoms with Gasteiger partial charge in [0.25, 0.3) is 5.91 Å². The maximum absolute atomic E-state index is 12.8. The third kappa shape index (κ3) is 2.37. The minimum Gasteiger partial charge on any atom is -0.468 e. The number of aryl methyl sites for hydroxylation is 1.